The van der Waals surface area contributed by atoms with Crippen molar-refractivity contribution in [2.75, 3.05) is 39.2 Å². The molecule has 0 unspecified atom stereocenters. The third-order valence-electron chi connectivity index (χ3n) is 5.68. The second kappa shape index (κ2) is 11.6. The predicted molar refractivity (Wildman–Crippen MR) is 144 cm³/mol. The van der Waals surface area contributed by atoms with E-state index >= 15 is 0 Å². The Kier molecular flexibility index (Phi) is 8.55. The van der Waals surface area contributed by atoms with E-state index in [1.54, 1.807) is 7.05 Å². The number of aromatic nitrogens is 2. The fourth-order valence-electron chi connectivity index (χ4n) is 4.19. The molecule has 1 aromatic carbocycles. The summed E-state index contributed by atoms with van der Waals surface area (Å²) in [5.74, 6) is 1.45. The molecule has 1 fully saturated rings. The predicted octanol–water partition coefficient (Wildman–Crippen LogP) is 4.85. The number of anilines is 1. The van der Waals surface area contributed by atoms with E-state index in [9.17, 15) is 5.11 Å². The van der Waals surface area contributed by atoms with Crippen LogP contribution in [0.3, 0.4) is 0 Å². The summed E-state index contributed by atoms with van der Waals surface area (Å²) in [6.07, 6.45) is 11.5. The molecule has 1 aromatic heterocycles. The van der Waals surface area contributed by atoms with E-state index in [0.29, 0.717) is 5.82 Å². The van der Waals surface area contributed by atoms with Crippen LogP contribution < -0.4 is 4.90 Å². The van der Waals surface area contributed by atoms with Gasteiger partial charge in [0.05, 0.1) is 12.6 Å². The van der Waals surface area contributed by atoms with Gasteiger partial charge in [0.2, 0.25) is 0 Å². The molecule has 2 aromatic rings. The van der Waals surface area contributed by atoms with E-state index in [4.69, 9.17) is 9.97 Å². The standard InChI is InChI=1S/C28H35N5O/c1-7-21(18-32(5)6)22-10-8-11-23(15-22)27-30-17-26(24(16-29-4)14-20(2)3)28(31-27)33-13-9-12-25(33)19-34/h7-8,10-11,14-18,25,34H,1-2,9,12-13,19H2,3-6H3/b21-18+,24-14+,29-16?/t25-/m0/s1. The Hall–Kier alpha value is -3.51. The van der Waals surface area contributed by atoms with Crippen molar-refractivity contribution in [2.45, 2.75) is 25.8 Å². The van der Waals surface area contributed by atoms with Gasteiger partial charge >= 0.3 is 0 Å². The first-order valence-electron chi connectivity index (χ1n) is 11.5. The van der Waals surface area contributed by atoms with Crippen molar-refractivity contribution in [3.05, 3.63) is 78.7 Å². The van der Waals surface area contributed by atoms with Gasteiger partial charge in [-0.25, -0.2) is 9.97 Å². The van der Waals surface area contributed by atoms with Crippen molar-refractivity contribution in [2.24, 2.45) is 4.99 Å². The molecule has 0 saturated carbocycles. The zero-order chi connectivity index (χ0) is 24.7. The molecule has 34 heavy (non-hydrogen) atoms. The fourth-order valence-corrected chi connectivity index (χ4v) is 4.19. The normalized spacial score (nSPS) is 16.9. The monoisotopic (exact) mass is 457 g/mol. The molecule has 178 valence electrons. The van der Waals surface area contributed by atoms with Crippen LogP contribution in [0.25, 0.3) is 22.5 Å². The Morgan fingerprint density at radius 3 is 2.76 bits per heavy atom. The number of rotatable bonds is 9. The smallest absolute Gasteiger partial charge is 0.161 e. The van der Waals surface area contributed by atoms with Crippen LogP contribution in [0.5, 0.6) is 0 Å². The SMILES string of the molecule is C=C/C(=C\N(C)C)c1cccc(-c2ncc(/C(C=NC)=C/C(=C)C)c(N3CCC[C@H]3CO)n2)c1. The van der Waals surface area contributed by atoms with Crippen molar-refractivity contribution >= 4 is 23.2 Å². The lowest BCUT2D eigenvalue weighted by molar-refractivity contribution is 0.266. The minimum Gasteiger partial charge on any atom is -0.394 e. The highest BCUT2D eigenvalue weighted by Crippen LogP contribution is 2.33. The molecule has 0 aliphatic carbocycles. The lowest BCUT2D eigenvalue weighted by Gasteiger charge is -2.27. The van der Waals surface area contributed by atoms with Crippen LogP contribution in [-0.4, -0.2) is 66.5 Å². The number of benzene rings is 1. The molecule has 6 heteroatoms. The minimum atomic E-state index is 0.0351. The highest BCUT2D eigenvalue weighted by molar-refractivity contribution is 6.12. The minimum absolute atomic E-state index is 0.0351. The van der Waals surface area contributed by atoms with Crippen LogP contribution in [0, 0.1) is 0 Å². The second-order valence-electron chi connectivity index (χ2n) is 8.77. The van der Waals surface area contributed by atoms with Crippen molar-refractivity contribution in [3.63, 3.8) is 0 Å². The van der Waals surface area contributed by atoms with Crippen LogP contribution in [0.2, 0.25) is 0 Å². The Balaban J connectivity index is 2.16. The van der Waals surface area contributed by atoms with Crippen molar-refractivity contribution < 1.29 is 5.11 Å². The van der Waals surface area contributed by atoms with E-state index < -0.39 is 0 Å². The van der Waals surface area contributed by atoms with E-state index in [0.717, 1.165) is 58.6 Å². The van der Waals surface area contributed by atoms with Gasteiger partial charge < -0.3 is 14.9 Å². The summed E-state index contributed by atoms with van der Waals surface area (Å²) in [4.78, 5) is 18.2. The molecule has 2 heterocycles. The van der Waals surface area contributed by atoms with Gasteiger partial charge in [-0.1, -0.05) is 49.1 Å². The van der Waals surface area contributed by atoms with E-state index in [1.807, 2.05) is 68.8 Å². The topological polar surface area (TPSA) is 64.9 Å². The van der Waals surface area contributed by atoms with Crippen LogP contribution >= 0.6 is 0 Å². The number of aliphatic hydroxyl groups is 1. The fraction of sp³-hybridized carbons (Fsp3) is 0.321. The quantitative estimate of drug-likeness (QED) is 0.431. The summed E-state index contributed by atoms with van der Waals surface area (Å²) in [6, 6.07) is 8.21. The van der Waals surface area contributed by atoms with Gasteiger partial charge in [-0.05, 0) is 37.0 Å². The lowest BCUT2D eigenvalue weighted by Crippen LogP contribution is -2.33. The number of hydrogen-bond donors (Lipinski definition) is 1. The first-order chi connectivity index (χ1) is 16.4. The zero-order valence-corrected chi connectivity index (χ0v) is 20.7. The second-order valence-corrected chi connectivity index (χ2v) is 8.77. The maximum Gasteiger partial charge on any atom is 0.161 e. The Morgan fingerprint density at radius 2 is 2.12 bits per heavy atom. The lowest BCUT2D eigenvalue weighted by atomic mass is 10.0. The zero-order valence-electron chi connectivity index (χ0n) is 20.7. The number of hydrogen-bond acceptors (Lipinski definition) is 6. The highest BCUT2D eigenvalue weighted by atomic mass is 16.3. The van der Waals surface area contributed by atoms with Crippen LogP contribution in [0.15, 0.2) is 72.5 Å². The molecule has 1 atom stereocenters. The van der Waals surface area contributed by atoms with Gasteiger partial charge in [-0.2, -0.15) is 0 Å². The van der Waals surface area contributed by atoms with Crippen molar-refractivity contribution in [3.8, 4) is 11.4 Å². The molecule has 0 radical (unpaired) electrons. The molecule has 0 spiro atoms. The van der Waals surface area contributed by atoms with E-state index in [1.165, 1.54) is 0 Å². The van der Waals surface area contributed by atoms with Gasteiger partial charge in [-0.3, -0.25) is 4.99 Å². The maximum absolute atomic E-state index is 10.00. The van der Waals surface area contributed by atoms with Crippen LogP contribution in [0.4, 0.5) is 5.82 Å². The van der Waals surface area contributed by atoms with E-state index in [2.05, 4.69) is 35.2 Å². The molecule has 1 aliphatic rings. The Labute approximate surface area is 203 Å². The Morgan fingerprint density at radius 1 is 1.32 bits per heavy atom. The van der Waals surface area contributed by atoms with Gasteiger partial charge in [0.1, 0.15) is 5.82 Å². The molecule has 1 aliphatic heterocycles. The molecular weight excluding hydrogens is 422 g/mol. The maximum atomic E-state index is 10.00. The van der Waals surface area contributed by atoms with Gasteiger partial charge in [-0.15, -0.1) is 0 Å². The van der Waals surface area contributed by atoms with Crippen molar-refractivity contribution in [1.82, 2.24) is 14.9 Å². The summed E-state index contributed by atoms with van der Waals surface area (Å²) in [6.45, 7) is 10.9. The van der Waals surface area contributed by atoms with Gasteiger partial charge in [0.25, 0.3) is 0 Å². The number of allylic oxidation sites excluding steroid dienone is 5. The molecule has 6 nitrogen and oxygen atoms in total. The largest absolute Gasteiger partial charge is 0.394 e. The van der Waals surface area contributed by atoms with Crippen LogP contribution in [-0.2, 0) is 0 Å². The third kappa shape index (κ3) is 5.88. The molecule has 1 N–H and O–H groups in total. The average Bonchev–Trinajstić information content (AvgIpc) is 3.30. The summed E-state index contributed by atoms with van der Waals surface area (Å²) >= 11 is 0. The summed E-state index contributed by atoms with van der Waals surface area (Å²) < 4.78 is 0. The summed E-state index contributed by atoms with van der Waals surface area (Å²) in [5.41, 5.74) is 5.69. The summed E-state index contributed by atoms with van der Waals surface area (Å²) in [5, 5.41) is 10.00. The third-order valence-corrected chi connectivity index (χ3v) is 5.68. The molecule has 0 amide bonds. The molecular formula is C28H35N5O. The van der Waals surface area contributed by atoms with Gasteiger partial charge in [0, 0.05) is 63.0 Å². The number of aliphatic hydroxyl groups excluding tert-OH is 1. The van der Waals surface area contributed by atoms with Gasteiger partial charge in [0.15, 0.2) is 5.82 Å². The van der Waals surface area contributed by atoms with Crippen molar-refractivity contribution in [1.29, 1.82) is 0 Å². The first-order valence-corrected chi connectivity index (χ1v) is 11.5. The molecule has 1 saturated heterocycles. The molecule has 3 rings (SSSR count). The summed E-state index contributed by atoms with van der Waals surface area (Å²) in [7, 11) is 5.73. The highest BCUT2D eigenvalue weighted by Gasteiger charge is 2.28. The molecule has 0 bridgehead atoms. The first kappa shape index (κ1) is 25.1. The average molecular weight is 458 g/mol. The number of nitrogens with zero attached hydrogens (tertiary/aromatic N) is 5. The number of aliphatic imine (C=N–C) groups is 1. The van der Waals surface area contributed by atoms with E-state index in [-0.39, 0.29) is 12.6 Å². The Bertz CT molecular complexity index is 1130. The van der Waals surface area contributed by atoms with Crippen LogP contribution in [0.1, 0.15) is 30.9 Å².